The zero-order chi connectivity index (χ0) is 33.3. The van der Waals surface area contributed by atoms with E-state index < -0.39 is 0 Å². The van der Waals surface area contributed by atoms with Crippen LogP contribution in [-0.2, 0) is 4.79 Å². The summed E-state index contributed by atoms with van der Waals surface area (Å²) in [5.41, 5.74) is 3.31. The molecule has 1 rings (SSSR count). The molecule has 1 aliphatic rings. The second-order valence-corrected chi connectivity index (χ2v) is 14.3. The van der Waals surface area contributed by atoms with Crippen molar-refractivity contribution in [1.29, 1.82) is 0 Å². The lowest BCUT2D eigenvalue weighted by Crippen LogP contribution is -2.49. The molecule has 0 saturated carbocycles. The highest BCUT2D eigenvalue weighted by atomic mass is 16.2. The van der Waals surface area contributed by atoms with E-state index in [2.05, 4.69) is 67.1 Å². The third-order valence-electron chi connectivity index (χ3n) is 9.86. The van der Waals surface area contributed by atoms with Crippen molar-refractivity contribution in [2.75, 3.05) is 13.6 Å². The SMILES string of the molecule is CCCCCCCC/C=C\CCCCCCCCC1=[N+](C)CC(CC)N1NC(=O)CCCCCCC/C=C\CCCCCCCC. The number of nitrogens with one attached hydrogen (secondary N) is 1. The molecule has 1 atom stereocenters. The molecule has 1 N–H and O–H groups in total. The minimum absolute atomic E-state index is 0.199. The number of amidine groups is 1. The average molecular weight is 643 g/mol. The van der Waals surface area contributed by atoms with Crippen LogP contribution in [0.5, 0.6) is 0 Å². The standard InChI is InChI=1S/C42H79N3O/c1-5-8-10-12-14-16-18-20-22-24-26-28-30-32-34-36-38-42-44(4)39-40(7-3)45(42)43-41(46)37-35-33-31-29-27-25-23-21-19-17-15-13-11-9-6-2/h20-23,40H,5-19,24-39H2,1-4H3/p+1/b22-20-,23-21-. The first-order chi connectivity index (χ1) is 22.6. The Balaban J connectivity index is 2.08. The number of hydrogen-bond donors (Lipinski definition) is 1. The van der Waals surface area contributed by atoms with Crippen molar-refractivity contribution in [1.82, 2.24) is 10.4 Å². The summed E-state index contributed by atoms with van der Waals surface area (Å²) in [6.07, 6.45) is 47.9. The van der Waals surface area contributed by atoms with Gasteiger partial charge in [0.25, 0.3) is 11.7 Å². The molecule has 1 amide bonds. The van der Waals surface area contributed by atoms with Crippen LogP contribution in [0.25, 0.3) is 0 Å². The van der Waals surface area contributed by atoms with Gasteiger partial charge in [-0.15, -0.1) is 0 Å². The maximum Gasteiger partial charge on any atom is 0.270 e. The molecule has 268 valence electrons. The van der Waals surface area contributed by atoms with Gasteiger partial charge in [-0.2, -0.15) is 10.4 Å². The van der Waals surface area contributed by atoms with E-state index >= 15 is 0 Å². The molecular formula is C42H80N3O+. The first-order valence-electron chi connectivity index (χ1n) is 20.6. The molecule has 1 aliphatic heterocycles. The summed E-state index contributed by atoms with van der Waals surface area (Å²) in [7, 11) is 2.20. The van der Waals surface area contributed by atoms with Crippen LogP contribution in [0.1, 0.15) is 213 Å². The maximum atomic E-state index is 12.9. The van der Waals surface area contributed by atoms with Gasteiger partial charge in [0, 0.05) is 6.42 Å². The Kier molecular flexibility index (Phi) is 29.5. The maximum absolute atomic E-state index is 12.9. The fraction of sp³-hybridized carbons (Fsp3) is 0.857. The molecule has 4 heteroatoms. The van der Waals surface area contributed by atoms with Gasteiger partial charge in [-0.25, -0.2) is 0 Å². The molecule has 0 bridgehead atoms. The van der Waals surface area contributed by atoms with E-state index in [1.54, 1.807) is 0 Å². The molecule has 1 unspecified atom stereocenters. The summed E-state index contributed by atoms with van der Waals surface area (Å²) in [6, 6.07) is 0.396. The van der Waals surface area contributed by atoms with Crippen molar-refractivity contribution in [2.45, 2.75) is 219 Å². The van der Waals surface area contributed by atoms with Gasteiger partial charge in [0.2, 0.25) is 0 Å². The smallest absolute Gasteiger partial charge is 0.270 e. The van der Waals surface area contributed by atoms with E-state index in [4.69, 9.17) is 0 Å². The third kappa shape index (κ3) is 23.7. The van der Waals surface area contributed by atoms with Crippen LogP contribution in [0.15, 0.2) is 24.3 Å². The predicted molar refractivity (Wildman–Crippen MR) is 204 cm³/mol. The number of unbranched alkanes of at least 4 members (excludes halogenated alkanes) is 23. The van der Waals surface area contributed by atoms with Crippen LogP contribution in [-0.4, -0.2) is 41.0 Å². The largest absolute Gasteiger partial charge is 0.272 e. The zero-order valence-electron chi connectivity index (χ0n) is 31.6. The van der Waals surface area contributed by atoms with Gasteiger partial charge in [-0.1, -0.05) is 154 Å². The lowest BCUT2D eigenvalue weighted by atomic mass is 10.1. The van der Waals surface area contributed by atoms with Crippen LogP contribution >= 0.6 is 0 Å². The lowest BCUT2D eigenvalue weighted by molar-refractivity contribution is -0.491. The van der Waals surface area contributed by atoms with Crippen molar-refractivity contribution >= 4 is 11.7 Å². The lowest BCUT2D eigenvalue weighted by Gasteiger charge is -2.19. The first kappa shape index (κ1) is 42.4. The van der Waals surface area contributed by atoms with Gasteiger partial charge in [-0.05, 0) is 70.6 Å². The van der Waals surface area contributed by atoms with Gasteiger partial charge in [0.05, 0.1) is 13.5 Å². The number of nitrogens with zero attached hydrogens (tertiary/aromatic N) is 2. The highest BCUT2D eigenvalue weighted by Crippen LogP contribution is 2.17. The van der Waals surface area contributed by atoms with Crippen molar-refractivity contribution in [3.8, 4) is 0 Å². The number of carbonyl (C=O) groups is 1. The van der Waals surface area contributed by atoms with Crippen LogP contribution in [0.4, 0.5) is 0 Å². The van der Waals surface area contributed by atoms with E-state index in [0.29, 0.717) is 12.5 Å². The number of amides is 1. The Morgan fingerprint density at radius 2 is 1.00 bits per heavy atom. The van der Waals surface area contributed by atoms with E-state index in [9.17, 15) is 4.79 Å². The fourth-order valence-electron chi connectivity index (χ4n) is 6.75. The number of carbonyl (C=O) groups excluding carboxylic acids is 1. The Hall–Kier alpha value is -1.58. The van der Waals surface area contributed by atoms with Crippen LogP contribution in [0, 0.1) is 0 Å². The summed E-state index contributed by atoms with van der Waals surface area (Å²) >= 11 is 0. The summed E-state index contributed by atoms with van der Waals surface area (Å²) in [4.78, 5) is 12.9. The van der Waals surface area contributed by atoms with Crippen molar-refractivity contribution in [3.05, 3.63) is 24.3 Å². The van der Waals surface area contributed by atoms with Crippen molar-refractivity contribution in [2.24, 2.45) is 0 Å². The number of hydrazine groups is 1. The molecule has 0 saturated heterocycles. The number of allylic oxidation sites excluding steroid dienone is 4. The number of hydrogen-bond acceptors (Lipinski definition) is 2. The summed E-state index contributed by atoms with van der Waals surface area (Å²) < 4.78 is 2.38. The molecule has 46 heavy (non-hydrogen) atoms. The van der Waals surface area contributed by atoms with Gasteiger partial charge in [-0.3, -0.25) is 9.37 Å². The molecule has 4 nitrogen and oxygen atoms in total. The molecule has 0 fully saturated rings. The Morgan fingerprint density at radius 3 is 1.43 bits per heavy atom. The first-order valence-corrected chi connectivity index (χ1v) is 20.6. The average Bonchev–Trinajstić information content (AvgIpc) is 3.35. The summed E-state index contributed by atoms with van der Waals surface area (Å²) in [5, 5.41) is 2.23. The molecular weight excluding hydrogens is 562 g/mol. The second-order valence-electron chi connectivity index (χ2n) is 14.3. The summed E-state index contributed by atoms with van der Waals surface area (Å²) in [5.74, 6) is 1.52. The second kappa shape index (κ2) is 32.0. The van der Waals surface area contributed by atoms with Crippen molar-refractivity contribution < 1.29 is 9.37 Å². The highest BCUT2D eigenvalue weighted by molar-refractivity contribution is 5.83. The van der Waals surface area contributed by atoms with Gasteiger partial charge >= 0.3 is 0 Å². The normalized spacial score (nSPS) is 15.3. The van der Waals surface area contributed by atoms with E-state index in [1.807, 2.05) is 0 Å². The van der Waals surface area contributed by atoms with E-state index in [0.717, 1.165) is 32.2 Å². The molecule has 0 spiro atoms. The van der Waals surface area contributed by atoms with E-state index in [1.165, 1.54) is 166 Å². The predicted octanol–water partition coefficient (Wildman–Crippen LogP) is 12.6. The van der Waals surface area contributed by atoms with Gasteiger partial charge in [0.15, 0.2) is 6.04 Å². The van der Waals surface area contributed by atoms with Crippen molar-refractivity contribution in [3.63, 3.8) is 0 Å². The fourth-order valence-corrected chi connectivity index (χ4v) is 6.75. The molecule has 0 aromatic carbocycles. The number of likely N-dealkylation sites (N-methyl/N-ethyl adjacent to an activating group) is 1. The molecule has 0 aliphatic carbocycles. The quantitative estimate of drug-likeness (QED) is 0.0439. The monoisotopic (exact) mass is 643 g/mol. The Morgan fingerprint density at radius 1 is 0.609 bits per heavy atom. The minimum Gasteiger partial charge on any atom is -0.272 e. The molecule has 0 radical (unpaired) electrons. The Labute approximate surface area is 288 Å². The van der Waals surface area contributed by atoms with Gasteiger partial charge < -0.3 is 0 Å². The van der Waals surface area contributed by atoms with Crippen LogP contribution in [0.2, 0.25) is 0 Å². The minimum atomic E-state index is 0.199. The zero-order valence-corrected chi connectivity index (χ0v) is 31.6. The Bertz CT molecular complexity index is 786. The van der Waals surface area contributed by atoms with Crippen LogP contribution < -0.4 is 5.43 Å². The number of rotatable bonds is 33. The molecule has 1 heterocycles. The molecule has 0 aromatic rings. The van der Waals surface area contributed by atoms with Crippen LogP contribution in [0.3, 0.4) is 0 Å². The summed E-state index contributed by atoms with van der Waals surface area (Å²) in [6.45, 7) is 7.83. The topological polar surface area (TPSA) is 35.4 Å². The van der Waals surface area contributed by atoms with Gasteiger partial charge in [0.1, 0.15) is 6.54 Å². The van der Waals surface area contributed by atoms with E-state index in [-0.39, 0.29) is 5.91 Å². The highest BCUT2D eigenvalue weighted by Gasteiger charge is 2.38. The third-order valence-corrected chi connectivity index (χ3v) is 9.86. The molecule has 0 aromatic heterocycles.